The fraction of sp³-hybridized carbons (Fsp3) is 0.312. The normalized spacial score (nSPS) is 19.0. The first-order valence-electron chi connectivity index (χ1n) is 8.21. The lowest BCUT2D eigenvalue weighted by Crippen LogP contribution is -2.36. The number of carbonyl (C=O) groups is 2. The second kappa shape index (κ2) is 8.52. The van der Waals surface area contributed by atoms with E-state index in [9.17, 15) is 22.6 Å². The summed E-state index contributed by atoms with van der Waals surface area (Å²) in [5, 5.41) is 2.97. The molecule has 2 aliphatic heterocycles. The van der Waals surface area contributed by atoms with Crippen molar-refractivity contribution in [2.75, 3.05) is 31.0 Å². The number of nitrogens with zero attached hydrogens (tertiary/aromatic N) is 2. The maximum absolute atomic E-state index is 12.9. The molecule has 1 saturated heterocycles. The van der Waals surface area contributed by atoms with Crippen molar-refractivity contribution in [3.8, 4) is 5.75 Å². The third-order valence-electron chi connectivity index (χ3n) is 3.95. The highest BCUT2D eigenvalue weighted by Crippen LogP contribution is 2.51. The number of anilines is 1. The third kappa shape index (κ3) is 4.86. The van der Waals surface area contributed by atoms with Crippen LogP contribution in [0.3, 0.4) is 0 Å². The van der Waals surface area contributed by atoms with Crippen LogP contribution in [0.4, 0.5) is 5.69 Å². The molecule has 156 valence electrons. The number of hydrogen-bond acceptors (Lipinski definition) is 9. The van der Waals surface area contributed by atoms with Gasteiger partial charge in [-0.1, -0.05) is 35.7 Å². The van der Waals surface area contributed by atoms with Crippen molar-refractivity contribution >= 4 is 67.7 Å². The number of thiocarbonyl (C=S) groups is 1. The lowest BCUT2D eigenvalue weighted by atomic mass is 10.3. The standard InChI is InChI=1S/C16H17N3O6S4/c1-9(20)17-5-6-18-14(21)13(28-16(18)26)15-19(8-29(22,23)24)11-7-10(25-2)3-4-12(11)27-15/h3-4,7H,5-6,8H2,1-2H3,(H,17,20)(H,22,23,24)/b15-13-. The molecule has 0 unspecified atom stereocenters. The minimum absolute atomic E-state index is 0.199. The van der Waals surface area contributed by atoms with Crippen molar-refractivity contribution in [3.05, 3.63) is 28.1 Å². The van der Waals surface area contributed by atoms with Gasteiger partial charge >= 0.3 is 0 Å². The third-order valence-corrected chi connectivity index (χ3v) is 7.29. The molecule has 13 heteroatoms. The van der Waals surface area contributed by atoms with Crippen LogP contribution >= 0.6 is 35.7 Å². The van der Waals surface area contributed by atoms with E-state index < -0.39 is 16.0 Å². The van der Waals surface area contributed by atoms with E-state index >= 15 is 0 Å². The predicted molar refractivity (Wildman–Crippen MR) is 115 cm³/mol. The first kappa shape index (κ1) is 21.9. The molecule has 1 aromatic rings. The topological polar surface area (TPSA) is 116 Å². The zero-order chi connectivity index (χ0) is 21.3. The number of hydrogen-bond donors (Lipinski definition) is 2. The van der Waals surface area contributed by atoms with Crippen LogP contribution < -0.4 is 15.0 Å². The Bertz CT molecular complexity index is 1020. The zero-order valence-electron chi connectivity index (χ0n) is 15.4. The van der Waals surface area contributed by atoms with Crippen molar-refractivity contribution in [2.45, 2.75) is 11.8 Å². The molecule has 29 heavy (non-hydrogen) atoms. The number of amides is 2. The van der Waals surface area contributed by atoms with Gasteiger partial charge in [0, 0.05) is 31.0 Å². The molecule has 9 nitrogen and oxygen atoms in total. The maximum Gasteiger partial charge on any atom is 0.283 e. The Balaban J connectivity index is 1.97. The van der Waals surface area contributed by atoms with E-state index in [1.165, 1.54) is 35.6 Å². The van der Waals surface area contributed by atoms with Gasteiger partial charge in [-0.3, -0.25) is 19.0 Å². The second-order valence-electron chi connectivity index (χ2n) is 6.02. The first-order chi connectivity index (χ1) is 13.6. The largest absolute Gasteiger partial charge is 0.497 e. The lowest BCUT2D eigenvalue weighted by molar-refractivity contribution is -0.123. The van der Waals surface area contributed by atoms with Crippen LogP contribution in [-0.4, -0.2) is 60.1 Å². The average molecular weight is 476 g/mol. The quantitative estimate of drug-likeness (QED) is 0.357. The maximum atomic E-state index is 12.9. The van der Waals surface area contributed by atoms with E-state index in [1.54, 1.807) is 18.2 Å². The van der Waals surface area contributed by atoms with E-state index in [4.69, 9.17) is 17.0 Å². The van der Waals surface area contributed by atoms with Crippen LogP contribution in [0.15, 0.2) is 33.0 Å². The molecule has 2 N–H and O–H groups in total. The van der Waals surface area contributed by atoms with Gasteiger partial charge in [-0.05, 0) is 12.1 Å². The van der Waals surface area contributed by atoms with E-state index in [0.717, 1.165) is 11.8 Å². The highest BCUT2D eigenvalue weighted by Gasteiger charge is 2.40. The Kier molecular flexibility index (Phi) is 6.43. The van der Waals surface area contributed by atoms with E-state index in [2.05, 4.69) is 5.32 Å². The minimum atomic E-state index is -4.38. The lowest BCUT2D eigenvalue weighted by Gasteiger charge is -2.20. The summed E-state index contributed by atoms with van der Waals surface area (Å²) >= 11 is 7.56. The zero-order valence-corrected chi connectivity index (χ0v) is 18.6. The van der Waals surface area contributed by atoms with Crippen LogP contribution in [0.25, 0.3) is 0 Å². The van der Waals surface area contributed by atoms with Crippen LogP contribution in [0.2, 0.25) is 0 Å². The predicted octanol–water partition coefficient (Wildman–Crippen LogP) is 1.62. The van der Waals surface area contributed by atoms with Gasteiger partial charge in [0.05, 0.1) is 12.8 Å². The Morgan fingerprint density at radius 1 is 1.31 bits per heavy atom. The summed E-state index contributed by atoms with van der Waals surface area (Å²) in [5.41, 5.74) is 0.505. The molecular formula is C16H17N3O6S4. The number of ether oxygens (including phenoxy) is 1. The fourth-order valence-corrected chi connectivity index (χ4v) is 5.99. The van der Waals surface area contributed by atoms with Crippen molar-refractivity contribution in [1.82, 2.24) is 10.2 Å². The van der Waals surface area contributed by atoms with E-state index in [1.807, 2.05) is 0 Å². The van der Waals surface area contributed by atoms with Crippen molar-refractivity contribution in [2.24, 2.45) is 0 Å². The molecule has 2 amide bonds. The second-order valence-corrected chi connectivity index (χ2v) is 10.1. The molecule has 0 radical (unpaired) electrons. The SMILES string of the molecule is COc1ccc2c(c1)N(CS(=O)(=O)O)/C(=C1/SC(=S)N(CCNC(C)=O)C1=O)S2. The molecule has 2 aliphatic rings. The summed E-state index contributed by atoms with van der Waals surface area (Å²) in [7, 11) is -2.89. The number of carbonyl (C=O) groups excluding carboxylic acids is 2. The molecule has 2 heterocycles. The Morgan fingerprint density at radius 3 is 2.66 bits per heavy atom. The smallest absolute Gasteiger partial charge is 0.283 e. The highest BCUT2D eigenvalue weighted by atomic mass is 32.2. The molecule has 0 atom stereocenters. The molecule has 0 bridgehead atoms. The molecule has 1 fully saturated rings. The van der Waals surface area contributed by atoms with Crippen LogP contribution in [0, 0.1) is 0 Å². The summed E-state index contributed by atoms with van der Waals surface area (Å²) in [5.74, 6) is -0.809. The molecular weight excluding hydrogens is 458 g/mol. The monoisotopic (exact) mass is 475 g/mol. The summed E-state index contributed by atoms with van der Waals surface area (Å²) in [6.45, 7) is 1.81. The molecule has 3 rings (SSSR count). The van der Waals surface area contributed by atoms with E-state index in [-0.39, 0.29) is 29.8 Å². The van der Waals surface area contributed by atoms with Gasteiger partial charge in [0.25, 0.3) is 16.0 Å². The Hall–Kier alpha value is -1.80. The molecule has 0 aliphatic carbocycles. The van der Waals surface area contributed by atoms with Crippen molar-refractivity contribution in [1.29, 1.82) is 0 Å². The Labute approximate surface area is 181 Å². The van der Waals surface area contributed by atoms with Gasteiger partial charge in [-0.25, -0.2) is 0 Å². The number of thioether (sulfide) groups is 2. The average Bonchev–Trinajstić information content (AvgIpc) is 3.11. The van der Waals surface area contributed by atoms with Crippen molar-refractivity contribution < 1.29 is 27.3 Å². The molecule has 0 spiro atoms. The van der Waals surface area contributed by atoms with Crippen LogP contribution in [0.5, 0.6) is 5.75 Å². The number of rotatable bonds is 6. The summed E-state index contributed by atoms with van der Waals surface area (Å²) < 4.78 is 38.2. The number of nitrogens with one attached hydrogen (secondary N) is 1. The number of fused-ring (bicyclic) bond motifs is 1. The molecule has 1 aromatic carbocycles. The van der Waals surface area contributed by atoms with Crippen LogP contribution in [-0.2, 0) is 19.7 Å². The minimum Gasteiger partial charge on any atom is -0.497 e. The van der Waals surface area contributed by atoms with Gasteiger partial charge in [0.2, 0.25) is 5.91 Å². The first-order valence-corrected chi connectivity index (χ1v) is 11.9. The van der Waals surface area contributed by atoms with Crippen molar-refractivity contribution in [3.63, 3.8) is 0 Å². The van der Waals surface area contributed by atoms with Gasteiger partial charge in [-0.2, -0.15) is 8.42 Å². The number of methoxy groups -OCH3 is 1. The molecule has 0 saturated carbocycles. The van der Waals surface area contributed by atoms with Gasteiger partial charge < -0.3 is 15.0 Å². The fourth-order valence-electron chi connectivity index (χ4n) is 2.71. The van der Waals surface area contributed by atoms with Gasteiger partial charge in [-0.15, -0.1) is 0 Å². The van der Waals surface area contributed by atoms with Crippen LogP contribution in [0.1, 0.15) is 6.92 Å². The van der Waals surface area contributed by atoms with Gasteiger partial charge in [0.1, 0.15) is 20.0 Å². The van der Waals surface area contributed by atoms with Gasteiger partial charge in [0.15, 0.2) is 5.88 Å². The summed E-state index contributed by atoms with van der Waals surface area (Å²) in [4.78, 5) is 27.7. The highest BCUT2D eigenvalue weighted by molar-refractivity contribution is 8.27. The van der Waals surface area contributed by atoms with E-state index in [0.29, 0.717) is 25.7 Å². The molecule has 0 aromatic heterocycles. The summed E-state index contributed by atoms with van der Waals surface area (Å²) in [6.07, 6.45) is 0. The Morgan fingerprint density at radius 2 is 2.03 bits per heavy atom. The number of benzene rings is 1. The summed E-state index contributed by atoms with van der Waals surface area (Å²) in [6, 6.07) is 5.11.